The molecule has 1 aliphatic carbocycles. The van der Waals surface area contributed by atoms with Crippen molar-refractivity contribution < 1.29 is 4.79 Å². The lowest BCUT2D eigenvalue weighted by molar-refractivity contribution is -0.127. The van der Waals surface area contributed by atoms with E-state index in [1.807, 2.05) is 0 Å². The maximum absolute atomic E-state index is 11.6. The van der Waals surface area contributed by atoms with Crippen LogP contribution in [0.4, 0.5) is 0 Å². The fraction of sp³-hybridized carbons (Fsp3) is 0.643. The van der Waals surface area contributed by atoms with Gasteiger partial charge in [-0.3, -0.25) is 4.79 Å². The van der Waals surface area contributed by atoms with Crippen molar-refractivity contribution >= 4 is 35.8 Å². The lowest BCUT2D eigenvalue weighted by atomic mass is 10.1. The molecule has 118 valence electrons. The second-order valence-electron chi connectivity index (χ2n) is 5.04. The van der Waals surface area contributed by atoms with Gasteiger partial charge in [-0.1, -0.05) is 6.08 Å². The Bertz CT molecular complexity index is 416. The summed E-state index contributed by atoms with van der Waals surface area (Å²) in [5.41, 5.74) is 0. The van der Waals surface area contributed by atoms with E-state index < -0.39 is 0 Å². The fourth-order valence-corrected chi connectivity index (χ4v) is 2.07. The van der Waals surface area contributed by atoms with Crippen molar-refractivity contribution in [3.8, 4) is 6.07 Å². The van der Waals surface area contributed by atoms with Gasteiger partial charge in [0.2, 0.25) is 5.91 Å². The molecule has 6 nitrogen and oxygen atoms in total. The molecule has 0 heterocycles. The molecule has 0 aromatic heterocycles. The number of amides is 1. The molecule has 1 fully saturated rings. The Kier molecular flexibility index (Phi) is 9.78. The van der Waals surface area contributed by atoms with Crippen molar-refractivity contribution in [1.29, 1.82) is 5.26 Å². The summed E-state index contributed by atoms with van der Waals surface area (Å²) in [5, 5.41) is 15.4. The third-order valence-corrected chi connectivity index (χ3v) is 3.29. The molecular weight excluding hydrogens is 381 g/mol. The van der Waals surface area contributed by atoms with Crippen LogP contribution in [-0.4, -0.2) is 50.0 Å². The molecule has 0 aliphatic heterocycles. The molecule has 0 aromatic rings. The monoisotopic (exact) mass is 405 g/mol. The van der Waals surface area contributed by atoms with Crippen LogP contribution in [-0.2, 0) is 4.79 Å². The van der Waals surface area contributed by atoms with Crippen molar-refractivity contribution in [2.45, 2.75) is 25.3 Å². The fourth-order valence-electron chi connectivity index (χ4n) is 2.07. The number of nitrogens with zero attached hydrogens (tertiary/aromatic N) is 3. The van der Waals surface area contributed by atoms with Crippen LogP contribution in [0, 0.1) is 17.2 Å². The molecule has 2 atom stereocenters. The van der Waals surface area contributed by atoms with Gasteiger partial charge < -0.3 is 15.5 Å². The average molecular weight is 405 g/mol. The van der Waals surface area contributed by atoms with E-state index in [1.54, 1.807) is 20.2 Å². The first-order valence-electron chi connectivity index (χ1n) is 6.84. The molecule has 0 saturated heterocycles. The first kappa shape index (κ1) is 19.7. The first-order chi connectivity index (χ1) is 9.58. The summed E-state index contributed by atoms with van der Waals surface area (Å²) in [4.78, 5) is 17.3. The zero-order chi connectivity index (χ0) is 15.0. The lowest BCUT2D eigenvalue weighted by Gasteiger charge is -2.19. The molecule has 1 aliphatic rings. The zero-order valence-electron chi connectivity index (χ0n) is 12.6. The summed E-state index contributed by atoms with van der Waals surface area (Å²) in [6, 6.07) is 2.42. The second kappa shape index (κ2) is 10.4. The number of nitrogens with one attached hydrogen (secondary N) is 2. The zero-order valence-corrected chi connectivity index (χ0v) is 15.0. The highest BCUT2D eigenvalue weighted by Gasteiger charge is 2.27. The molecule has 1 saturated carbocycles. The van der Waals surface area contributed by atoms with Gasteiger partial charge in [-0.2, -0.15) is 5.26 Å². The molecular formula is C14H24IN5O. The topological polar surface area (TPSA) is 80.5 Å². The minimum absolute atomic E-state index is 0. The van der Waals surface area contributed by atoms with Crippen molar-refractivity contribution in [2.75, 3.05) is 27.2 Å². The van der Waals surface area contributed by atoms with Gasteiger partial charge in [0.05, 0.1) is 12.0 Å². The van der Waals surface area contributed by atoms with Crippen LogP contribution in [0.15, 0.2) is 17.6 Å². The number of hydrogen-bond donors (Lipinski definition) is 2. The molecule has 7 heteroatoms. The highest BCUT2D eigenvalue weighted by atomic mass is 127. The third kappa shape index (κ3) is 6.80. The summed E-state index contributed by atoms with van der Waals surface area (Å²) in [6.45, 7) is 4.29. The summed E-state index contributed by atoms with van der Waals surface area (Å²) in [6.07, 6.45) is 4.64. The van der Waals surface area contributed by atoms with Crippen LogP contribution in [0.5, 0.6) is 0 Å². The van der Waals surface area contributed by atoms with Crippen LogP contribution < -0.4 is 10.6 Å². The molecule has 2 unspecified atom stereocenters. The van der Waals surface area contributed by atoms with E-state index in [0.29, 0.717) is 12.5 Å². The van der Waals surface area contributed by atoms with Gasteiger partial charge in [0.25, 0.3) is 0 Å². The summed E-state index contributed by atoms with van der Waals surface area (Å²) < 4.78 is 0. The molecule has 0 spiro atoms. The smallest absolute Gasteiger partial charge is 0.243 e. The van der Waals surface area contributed by atoms with Crippen LogP contribution >= 0.6 is 24.0 Å². The van der Waals surface area contributed by atoms with Gasteiger partial charge in [-0.05, 0) is 19.3 Å². The van der Waals surface area contributed by atoms with Crippen LogP contribution in [0.25, 0.3) is 0 Å². The van der Waals surface area contributed by atoms with E-state index >= 15 is 0 Å². The van der Waals surface area contributed by atoms with Gasteiger partial charge in [-0.15, -0.1) is 30.6 Å². The van der Waals surface area contributed by atoms with E-state index in [4.69, 9.17) is 5.26 Å². The number of guanidine groups is 1. The summed E-state index contributed by atoms with van der Waals surface area (Å²) in [7, 11) is 3.40. The number of halogens is 1. The number of hydrogen-bond acceptors (Lipinski definition) is 3. The number of likely N-dealkylation sites (N-methyl/N-ethyl adjacent to an activating group) is 1. The van der Waals surface area contributed by atoms with Crippen molar-refractivity contribution in [3.63, 3.8) is 0 Å². The maximum atomic E-state index is 11.6. The van der Waals surface area contributed by atoms with Crippen molar-refractivity contribution in [3.05, 3.63) is 12.7 Å². The summed E-state index contributed by atoms with van der Waals surface area (Å²) in [5.74, 6) is 0.510. The van der Waals surface area contributed by atoms with Gasteiger partial charge in [-0.25, -0.2) is 4.99 Å². The predicted molar refractivity (Wildman–Crippen MR) is 94.5 cm³/mol. The van der Waals surface area contributed by atoms with Gasteiger partial charge in [0.15, 0.2) is 5.96 Å². The number of nitriles is 1. The SMILES string of the molecule is C=CCNC(=NCC(=O)N(C)C)NC1CCCC1C#N.I. The number of carbonyl (C=O) groups excluding carboxylic acids is 1. The largest absolute Gasteiger partial charge is 0.353 e. The lowest BCUT2D eigenvalue weighted by Crippen LogP contribution is -2.45. The maximum Gasteiger partial charge on any atom is 0.243 e. The van der Waals surface area contributed by atoms with Crippen LogP contribution in [0.2, 0.25) is 0 Å². The van der Waals surface area contributed by atoms with Gasteiger partial charge >= 0.3 is 0 Å². The Labute approximate surface area is 143 Å². The molecule has 0 aromatic carbocycles. The first-order valence-corrected chi connectivity index (χ1v) is 6.84. The Hall–Kier alpha value is -1.30. The predicted octanol–water partition coefficient (Wildman–Crippen LogP) is 1.11. The number of rotatable bonds is 5. The molecule has 1 rings (SSSR count). The van der Waals surface area contributed by atoms with Crippen LogP contribution in [0.3, 0.4) is 0 Å². The highest BCUT2D eigenvalue weighted by molar-refractivity contribution is 14.0. The highest BCUT2D eigenvalue weighted by Crippen LogP contribution is 2.24. The van der Waals surface area contributed by atoms with E-state index in [2.05, 4.69) is 28.3 Å². The Morgan fingerprint density at radius 3 is 2.81 bits per heavy atom. The van der Waals surface area contributed by atoms with Crippen LogP contribution in [0.1, 0.15) is 19.3 Å². The van der Waals surface area contributed by atoms with E-state index in [1.165, 1.54) is 4.90 Å². The minimum atomic E-state index is -0.0621. The van der Waals surface area contributed by atoms with Gasteiger partial charge in [0.1, 0.15) is 6.54 Å². The Morgan fingerprint density at radius 1 is 1.52 bits per heavy atom. The number of carbonyl (C=O) groups is 1. The Balaban J connectivity index is 0.00000400. The molecule has 0 bridgehead atoms. The molecule has 0 radical (unpaired) electrons. The van der Waals surface area contributed by atoms with E-state index in [9.17, 15) is 4.79 Å². The molecule has 21 heavy (non-hydrogen) atoms. The second-order valence-corrected chi connectivity index (χ2v) is 5.04. The minimum Gasteiger partial charge on any atom is -0.353 e. The molecule has 2 N–H and O–H groups in total. The van der Waals surface area contributed by atoms with Gasteiger partial charge in [0, 0.05) is 26.7 Å². The number of aliphatic imine (C=N–C) groups is 1. The van der Waals surface area contributed by atoms with Crippen molar-refractivity contribution in [2.24, 2.45) is 10.9 Å². The Morgan fingerprint density at radius 2 is 2.24 bits per heavy atom. The quantitative estimate of drug-likeness (QED) is 0.311. The van der Waals surface area contributed by atoms with E-state index in [0.717, 1.165) is 19.3 Å². The standard InChI is InChI=1S/C14H23N5O.HI/c1-4-8-16-14(17-10-13(20)19(2)3)18-12-7-5-6-11(12)9-15;/h4,11-12H,1,5-8,10H2,2-3H3,(H2,16,17,18);1H. The third-order valence-electron chi connectivity index (χ3n) is 3.29. The van der Waals surface area contributed by atoms with Crippen molar-refractivity contribution in [1.82, 2.24) is 15.5 Å². The summed E-state index contributed by atoms with van der Waals surface area (Å²) >= 11 is 0. The average Bonchev–Trinajstić information content (AvgIpc) is 2.88. The normalized spacial score (nSPS) is 20.9. The molecule has 1 amide bonds. The van der Waals surface area contributed by atoms with E-state index in [-0.39, 0.29) is 48.4 Å².